The summed E-state index contributed by atoms with van der Waals surface area (Å²) >= 11 is 4.87. The summed E-state index contributed by atoms with van der Waals surface area (Å²) in [6, 6.07) is 5.78. The van der Waals surface area contributed by atoms with Gasteiger partial charge in [0, 0.05) is 18.1 Å². The van der Waals surface area contributed by atoms with Crippen LogP contribution in [0.4, 0.5) is 4.39 Å². The molecule has 1 aromatic rings. The van der Waals surface area contributed by atoms with E-state index in [2.05, 4.69) is 0 Å². The zero-order valence-corrected chi connectivity index (χ0v) is 10.8. The molecule has 2 N–H and O–H groups in total. The Hall–Kier alpha value is -1.01. The van der Waals surface area contributed by atoms with Gasteiger partial charge in [0.05, 0.1) is 10.2 Å². The maximum atomic E-state index is 12.8. The van der Waals surface area contributed by atoms with E-state index in [1.165, 1.54) is 18.4 Å². The van der Waals surface area contributed by atoms with Crippen molar-refractivity contribution in [2.24, 2.45) is 11.7 Å². The zero-order chi connectivity index (χ0) is 12.8. The molecule has 1 aliphatic carbocycles. The van der Waals surface area contributed by atoms with Crippen molar-refractivity contribution < 1.29 is 12.8 Å². The monoisotopic (exact) mass is 273 g/mol. The summed E-state index contributed by atoms with van der Waals surface area (Å²) in [5, 5.41) is -0.564. The van der Waals surface area contributed by atoms with Gasteiger partial charge in [0.1, 0.15) is 5.82 Å². The predicted octanol–water partition coefficient (Wildman–Crippen LogP) is 1.24. The first kappa shape index (κ1) is 12.4. The van der Waals surface area contributed by atoms with Gasteiger partial charge in [-0.3, -0.25) is 0 Å². The minimum atomic E-state index is -3.19. The van der Waals surface area contributed by atoms with Crippen LogP contribution in [0.15, 0.2) is 24.3 Å². The number of benzene rings is 1. The molecule has 2 rings (SSSR count). The van der Waals surface area contributed by atoms with Gasteiger partial charge in [-0.05, 0) is 17.7 Å². The fourth-order valence-electron chi connectivity index (χ4n) is 2.24. The van der Waals surface area contributed by atoms with E-state index in [1.54, 1.807) is 12.1 Å². The molecule has 0 bridgehead atoms. The van der Waals surface area contributed by atoms with Gasteiger partial charge in [-0.15, -0.1) is 0 Å². The Morgan fingerprint density at radius 3 is 2.24 bits per heavy atom. The molecule has 1 saturated carbocycles. The summed E-state index contributed by atoms with van der Waals surface area (Å²) in [4.78, 5) is 0.203. The molecule has 0 heterocycles. The third-order valence-electron chi connectivity index (χ3n) is 3.03. The van der Waals surface area contributed by atoms with Crippen molar-refractivity contribution in [1.29, 1.82) is 0 Å². The Kier molecular flexibility index (Phi) is 2.95. The van der Waals surface area contributed by atoms with Crippen molar-refractivity contribution in [2.45, 2.75) is 11.2 Å². The maximum Gasteiger partial charge on any atom is 0.151 e. The smallest absolute Gasteiger partial charge is 0.151 e. The van der Waals surface area contributed by atoms with Crippen LogP contribution in [0.1, 0.15) is 11.5 Å². The van der Waals surface area contributed by atoms with Gasteiger partial charge in [0.25, 0.3) is 0 Å². The van der Waals surface area contributed by atoms with Crippen LogP contribution in [0.3, 0.4) is 0 Å². The van der Waals surface area contributed by atoms with Crippen LogP contribution >= 0.6 is 12.2 Å². The second-order valence-corrected chi connectivity index (χ2v) is 6.97. The van der Waals surface area contributed by atoms with Gasteiger partial charge < -0.3 is 5.73 Å². The number of hydrogen-bond acceptors (Lipinski definition) is 3. The van der Waals surface area contributed by atoms with E-state index in [0.717, 1.165) is 5.56 Å². The Labute approximate surface area is 105 Å². The van der Waals surface area contributed by atoms with E-state index >= 15 is 0 Å². The highest BCUT2D eigenvalue weighted by molar-refractivity contribution is 7.91. The first-order chi connectivity index (χ1) is 7.82. The molecular formula is C11H12FNO2S2. The standard InChI is InChI=1S/C11H12FNO2S2/c1-17(14,15)10-8(9(10)11(13)16)6-2-4-7(12)5-3-6/h2-5,8-10H,1H3,(H2,13,16)/t8-,9+,10+/m0/s1. The van der Waals surface area contributed by atoms with Crippen molar-refractivity contribution in [3.8, 4) is 0 Å². The minimum absolute atomic E-state index is 0.203. The molecule has 3 atom stereocenters. The Bertz CT molecular complexity index is 553. The molecule has 0 spiro atoms. The summed E-state index contributed by atoms with van der Waals surface area (Å²) in [6.07, 6.45) is 1.17. The minimum Gasteiger partial charge on any atom is -0.393 e. The van der Waals surface area contributed by atoms with Crippen molar-refractivity contribution in [2.75, 3.05) is 6.26 Å². The molecule has 92 valence electrons. The Balaban J connectivity index is 2.34. The topological polar surface area (TPSA) is 60.2 Å². The van der Waals surface area contributed by atoms with E-state index in [9.17, 15) is 12.8 Å². The molecule has 0 saturated heterocycles. The number of thiocarbonyl (C=S) groups is 1. The van der Waals surface area contributed by atoms with E-state index < -0.39 is 15.1 Å². The van der Waals surface area contributed by atoms with Crippen LogP contribution in [0.5, 0.6) is 0 Å². The van der Waals surface area contributed by atoms with Crippen molar-refractivity contribution >= 4 is 27.0 Å². The highest BCUT2D eigenvalue weighted by atomic mass is 32.2. The highest BCUT2D eigenvalue weighted by Gasteiger charge is 2.58. The van der Waals surface area contributed by atoms with Gasteiger partial charge in [-0.1, -0.05) is 24.4 Å². The van der Waals surface area contributed by atoms with Gasteiger partial charge in [0.2, 0.25) is 0 Å². The number of sulfone groups is 1. The second-order valence-electron chi connectivity index (χ2n) is 4.30. The lowest BCUT2D eigenvalue weighted by Crippen LogP contribution is -2.16. The molecule has 0 aromatic heterocycles. The Morgan fingerprint density at radius 2 is 1.88 bits per heavy atom. The number of hydrogen-bond donors (Lipinski definition) is 1. The molecular weight excluding hydrogens is 261 g/mol. The quantitative estimate of drug-likeness (QED) is 0.842. The first-order valence-corrected chi connectivity index (χ1v) is 7.42. The van der Waals surface area contributed by atoms with Crippen LogP contribution in [-0.2, 0) is 9.84 Å². The van der Waals surface area contributed by atoms with Gasteiger partial charge in [-0.25, -0.2) is 12.8 Å². The SMILES string of the molecule is CS(=O)(=O)[C@H]1[C@H](C(N)=S)[C@@H]1c1ccc(F)cc1. The Morgan fingerprint density at radius 1 is 1.35 bits per heavy atom. The largest absolute Gasteiger partial charge is 0.393 e. The van der Waals surface area contributed by atoms with Crippen LogP contribution in [0, 0.1) is 11.7 Å². The van der Waals surface area contributed by atoms with Crippen LogP contribution in [0.25, 0.3) is 0 Å². The summed E-state index contributed by atoms with van der Waals surface area (Å²) in [5.41, 5.74) is 6.30. The molecule has 1 aliphatic rings. The molecule has 17 heavy (non-hydrogen) atoms. The summed E-state index contributed by atoms with van der Waals surface area (Å²) in [5.74, 6) is -0.911. The zero-order valence-electron chi connectivity index (χ0n) is 9.13. The summed E-state index contributed by atoms with van der Waals surface area (Å²) in [6.45, 7) is 0. The van der Waals surface area contributed by atoms with Gasteiger partial charge >= 0.3 is 0 Å². The summed E-state index contributed by atoms with van der Waals surface area (Å²) < 4.78 is 35.9. The molecule has 0 radical (unpaired) electrons. The van der Waals surface area contributed by atoms with Crippen LogP contribution in [-0.4, -0.2) is 24.9 Å². The van der Waals surface area contributed by atoms with Crippen LogP contribution in [0.2, 0.25) is 0 Å². The van der Waals surface area contributed by atoms with Crippen molar-refractivity contribution in [3.63, 3.8) is 0 Å². The number of nitrogens with two attached hydrogens (primary N) is 1. The third kappa shape index (κ3) is 2.32. The fraction of sp³-hybridized carbons (Fsp3) is 0.364. The maximum absolute atomic E-state index is 12.8. The molecule has 0 amide bonds. The van der Waals surface area contributed by atoms with Crippen molar-refractivity contribution in [1.82, 2.24) is 0 Å². The average Bonchev–Trinajstić information content (AvgIpc) is 2.93. The van der Waals surface area contributed by atoms with Crippen LogP contribution < -0.4 is 5.73 Å². The molecule has 0 unspecified atom stereocenters. The predicted molar refractivity (Wildman–Crippen MR) is 68.0 cm³/mol. The normalized spacial score (nSPS) is 27.8. The molecule has 3 nitrogen and oxygen atoms in total. The highest BCUT2D eigenvalue weighted by Crippen LogP contribution is 2.52. The van der Waals surface area contributed by atoms with Crippen molar-refractivity contribution in [3.05, 3.63) is 35.6 Å². The molecule has 0 aliphatic heterocycles. The molecule has 1 aromatic carbocycles. The van der Waals surface area contributed by atoms with E-state index in [1.807, 2.05) is 0 Å². The fourth-order valence-corrected chi connectivity index (χ4v) is 4.23. The number of rotatable bonds is 3. The van der Waals surface area contributed by atoms with E-state index in [-0.39, 0.29) is 22.6 Å². The molecule has 1 fully saturated rings. The lowest BCUT2D eigenvalue weighted by atomic mass is 10.1. The lowest BCUT2D eigenvalue weighted by molar-refractivity contribution is 0.599. The summed E-state index contributed by atoms with van der Waals surface area (Å²) in [7, 11) is -3.19. The second kappa shape index (κ2) is 4.03. The van der Waals surface area contributed by atoms with E-state index in [0.29, 0.717) is 0 Å². The average molecular weight is 273 g/mol. The van der Waals surface area contributed by atoms with Gasteiger partial charge in [-0.2, -0.15) is 0 Å². The van der Waals surface area contributed by atoms with Gasteiger partial charge in [0.15, 0.2) is 9.84 Å². The molecule has 6 heteroatoms. The van der Waals surface area contributed by atoms with E-state index in [4.69, 9.17) is 18.0 Å². The first-order valence-electron chi connectivity index (χ1n) is 5.06. The lowest BCUT2D eigenvalue weighted by Gasteiger charge is -1.99. The number of halogens is 1. The third-order valence-corrected chi connectivity index (χ3v) is 4.88.